The third kappa shape index (κ3) is 7.19. The highest BCUT2D eigenvalue weighted by atomic mass is 35.5. The number of methoxy groups -OCH3 is 2. The van der Waals surface area contributed by atoms with E-state index in [4.69, 9.17) is 26.1 Å². The number of anilines is 2. The highest BCUT2D eigenvalue weighted by Gasteiger charge is 2.22. The summed E-state index contributed by atoms with van der Waals surface area (Å²) in [5, 5.41) is 4.31. The van der Waals surface area contributed by atoms with Crippen molar-refractivity contribution in [2.75, 3.05) is 63.1 Å². The number of carbonyl (C=O) groups is 1. The van der Waals surface area contributed by atoms with E-state index in [1.165, 1.54) is 30.3 Å². The van der Waals surface area contributed by atoms with Gasteiger partial charge in [0.1, 0.15) is 21.7 Å². The monoisotopic (exact) mass is 651 g/mol. The third-order valence-corrected chi connectivity index (χ3v) is 9.54. The molecule has 14 heteroatoms. The maximum atomic E-state index is 12.8. The maximum Gasteiger partial charge on any atom is 0.261 e. The van der Waals surface area contributed by atoms with Gasteiger partial charge in [0.2, 0.25) is 0 Å². The minimum absolute atomic E-state index is 0. The second-order valence-electron chi connectivity index (χ2n) is 9.37. The van der Waals surface area contributed by atoms with E-state index in [0.29, 0.717) is 29.4 Å². The van der Waals surface area contributed by atoms with Gasteiger partial charge in [-0.2, -0.15) is 0 Å². The van der Waals surface area contributed by atoms with Crippen molar-refractivity contribution in [2.24, 2.45) is 0 Å². The fourth-order valence-electron chi connectivity index (χ4n) is 4.55. The number of hydrogen-bond donors (Lipinski definition) is 2. The van der Waals surface area contributed by atoms with Gasteiger partial charge in [-0.15, -0.1) is 12.4 Å². The van der Waals surface area contributed by atoms with Crippen molar-refractivity contribution in [2.45, 2.75) is 4.90 Å². The first-order valence-electron chi connectivity index (χ1n) is 12.9. The summed E-state index contributed by atoms with van der Waals surface area (Å²) in [5.74, 6) is 1.24. The van der Waals surface area contributed by atoms with Crippen LogP contribution in [0.1, 0.15) is 10.4 Å². The Hall–Kier alpha value is -3.29. The number of nitrogens with one attached hydrogen (secondary N) is 2. The van der Waals surface area contributed by atoms with Crippen molar-refractivity contribution in [3.63, 3.8) is 0 Å². The largest absolute Gasteiger partial charge is 0.495 e. The van der Waals surface area contributed by atoms with Crippen LogP contribution in [-0.2, 0) is 10.0 Å². The first-order chi connectivity index (χ1) is 19.8. The van der Waals surface area contributed by atoms with Crippen LogP contribution in [0.25, 0.3) is 10.2 Å². The molecule has 1 saturated heterocycles. The Bertz CT molecular complexity index is 1600. The van der Waals surface area contributed by atoms with E-state index in [0.717, 1.165) is 53.0 Å². The van der Waals surface area contributed by atoms with Crippen LogP contribution in [0.4, 0.5) is 10.8 Å². The highest BCUT2D eigenvalue weighted by molar-refractivity contribution is 7.92. The zero-order valence-electron chi connectivity index (χ0n) is 23.0. The molecule has 42 heavy (non-hydrogen) atoms. The first kappa shape index (κ1) is 31.6. The number of amides is 1. The predicted molar refractivity (Wildman–Crippen MR) is 170 cm³/mol. The zero-order chi connectivity index (χ0) is 29.0. The number of sulfonamides is 1. The van der Waals surface area contributed by atoms with Gasteiger partial charge in [0.15, 0.2) is 5.13 Å². The van der Waals surface area contributed by atoms with Gasteiger partial charge >= 0.3 is 0 Å². The minimum atomic E-state index is -3.81. The second kappa shape index (κ2) is 13.8. The Morgan fingerprint density at radius 3 is 2.38 bits per heavy atom. The molecule has 224 valence electrons. The van der Waals surface area contributed by atoms with Gasteiger partial charge in [-0.1, -0.05) is 29.0 Å². The number of thiazole rings is 1. The van der Waals surface area contributed by atoms with Gasteiger partial charge in [-0.25, -0.2) is 13.4 Å². The molecule has 0 saturated carbocycles. The van der Waals surface area contributed by atoms with Gasteiger partial charge in [0.05, 0.1) is 19.1 Å². The average molecular weight is 653 g/mol. The lowest BCUT2D eigenvalue weighted by molar-refractivity contribution is 0.0947. The van der Waals surface area contributed by atoms with Crippen molar-refractivity contribution < 1.29 is 22.7 Å². The lowest BCUT2D eigenvalue weighted by atomic mass is 10.2. The van der Waals surface area contributed by atoms with Crippen molar-refractivity contribution in [1.29, 1.82) is 0 Å². The SMILES string of the molecule is COc1ccc(OC)c2sc(N3CCN(CCNC(=O)c4cccc(NS(=O)(=O)c5ccc(Cl)cc5)c4)CC3)nc12.Cl. The molecule has 1 aromatic heterocycles. The van der Waals surface area contributed by atoms with Crippen LogP contribution in [0.5, 0.6) is 11.5 Å². The Labute approximate surface area is 260 Å². The van der Waals surface area contributed by atoms with Crippen molar-refractivity contribution >= 4 is 72.3 Å². The second-order valence-corrected chi connectivity index (χ2v) is 12.5. The summed E-state index contributed by atoms with van der Waals surface area (Å²) in [6.45, 7) is 4.46. The number of fused-ring (bicyclic) bond motifs is 1. The molecule has 0 atom stereocenters. The van der Waals surface area contributed by atoms with Gasteiger partial charge in [-0.05, 0) is 54.6 Å². The summed E-state index contributed by atoms with van der Waals surface area (Å²) in [4.78, 5) is 22.2. The molecule has 2 N–H and O–H groups in total. The summed E-state index contributed by atoms with van der Waals surface area (Å²) in [6, 6.07) is 16.0. The van der Waals surface area contributed by atoms with E-state index in [-0.39, 0.29) is 23.2 Å². The van der Waals surface area contributed by atoms with Crippen LogP contribution in [-0.4, -0.2) is 77.7 Å². The third-order valence-electron chi connectivity index (χ3n) is 6.76. The number of rotatable bonds is 10. The van der Waals surface area contributed by atoms with Crippen molar-refractivity contribution in [3.8, 4) is 11.5 Å². The minimum Gasteiger partial charge on any atom is -0.495 e. The molecule has 0 bridgehead atoms. The number of piperazine rings is 1. The maximum absolute atomic E-state index is 12.8. The van der Waals surface area contributed by atoms with Crippen molar-refractivity contribution in [3.05, 3.63) is 71.2 Å². The average Bonchev–Trinajstić information content (AvgIpc) is 3.43. The van der Waals surface area contributed by atoms with Crippen LogP contribution in [0.2, 0.25) is 5.02 Å². The summed E-state index contributed by atoms with van der Waals surface area (Å²) in [5.41, 5.74) is 1.47. The molecule has 0 radical (unpaired) electrons. The molecule has 5 rings (SSSR count). The van der Waals surface area contributed by atoms with Crippen LogP contribution in [0, 0.1) is 0 Å². The fraction of sp³-hybridized carbons (Fsp3) is 0.286. The van der Waals surface area contributed by atoms with Gasteiger partial charge in [0, 0.05) is 55.5 Å². The molecule has 1 aliphatic rings. The molecule has 2 heterocycles. The Morgan fingerprint density at radius 2 is 1.69 bits per heavy atom. The summed E-state index contributed by atoms with van der Waals surface area (Å²) in [6.07, 6.45) is 0. The number of aromatic nitrogens is 1. The van der Waals surface area contributed by atoms with Crippen LogP contribution >= 0.6 is 35.3 Å². The molecule has 1 fully saturated rings. The van der Waals surface area contributed by atoms with Crippen molar-refractivity contribution in [1.82, 2.24) is 15.2 Å². The normalized spacial score (nSPS) is 13.8. The Balaban J connectivity index is 0.00000405. The Morgan fingerprint density at radius 1 is 1.00 bits per heavy atom. The number of benzene rings is 3. The number of halogens is 2. The highest BCUT2D eigenvalue weighted by Crippen LogP contribution is 2.40. The van der Waals surface area contributed by atoms with E-state index in [9.17, 15) is 13.2 Å². The molecule has 0 unspecified atom stereocenters. The molecule has 1 aliphatic heterocycles. The van der Waals surface area contributed by atoms with Gasteiger partial charge in [-0.3, -0.25) is 14.4 Å². The standard InChI is InChI=1S/C28H30ClN5O5S2.ClH/c1-38-23-10-11-24(39-2)26-25(23)31-28(40-26)34-16-14-33(15-17-34)13-12-30-27(35)19-4-3-5-21(18-19)32-41(36,37)22-8-6-20(29)7-9-22;/h3-11,18,32H,12-17H2,1-2H3,(H,30,35);1H. The molecule has 10 nitrogen and oxygen atoms in total. The Kier molecular flexibility index (Phi) is 10.4. The van der Waals surface area contributed by atoms with Crippen LogP contribution in [0.3, 0.4) is 0 Å². The van der Waals surface area contributed by atoms with Crippen LogP contribution in [0.15, 0.2) is 65.6 Å². The van der Waals surface area contributed by atoms with E-state index < -0.39 is 10.0 Å². The topological polar surface area (TPSA) is 113 Å². The molecule has 3 aromatic carbocycles. The van der Waals surface area contributed by atoms with E-state index in [2.05, 4.69) is 19.8 Å². The smallest absolute Gasteiger partial charge is 0.261 e. The molecular formula is C28H31Cl2N5O5S2. The molecular weight excluding hydrogens is 621 g/mol. The number of carbonyl (C=O) groups excluding carboxylic acids is 1. The quantitative estimate of drug-likeness (QED) is 0.253. The van der Waals surface area contributed by atoms with E-state index in [1.54, 1.807) is 43.8 Å². The molecule has 0 aliphatic carbocycles. The number of hydrogen-bond acceptors (Lipinski definition) is 9. The first-order valence-corrected chi connectivity index (χ1v) is 15.6. The van der Waals surface area contributed by atoms with E-state index >= 15 is 0 Å². The molecule has 1 amide bonds. The molecule has 4 aromatic rings. The van der Waals surface area contributed by atoms with Crippen LogP contribution < -0.4 is 24.4 Å². The summed E-state index contributed by atoms with van der Waals surface area (Å²) >= 11 is 7.45. The summed E-state index contributed by atoms with van der Waals surface area (Å²) in [7, 11) is -0.521. The number of nitrogens with zero attached hydrogens (tertiary/aromatic N) is 3. The number of ether oxygens (including phenoxy) is 2. The van der Waals surface area contributed by atoms with E-state index in [1.807, 2.05) is 12.1 Å². The molecule has 0 spiro atoms. The predicted octanol–water partition coefficient (Wildman–Crippen LogP) is 4.74. The lowest BCUT2D eigenvalue weighted by Gasteiger charge is -2.34. The summed E-state index contributed by atoms with van der Waals surface area (Å²) < 4.78 is 39.8. The van der Waals surface area contributed by atoms with Gasteiger partial charge in [0.25, 0.3) is 15.9 Å². The fourth-order valence-corrected chi connectivity index (χ4v) is 6.86. The lowest BCUT2D eigenvalue weighted by Crippen LogP contribution is -2.48. The van der Waals surface area contributed by atoms with Gasteiger partial charge < -0.3 is 19.7 Å². The zero-order valence-corrected chi connectivity index (χ0v) is 26.2.